The highest BCUT2D eigenvalue weighted by Gasteiger charge is 2.09. The second-order valence-corrected chi connectivity index (χ2v) is 5.62. The number of nitrogens with zero attached hydrogens (tertiary/aromatic N) is 1. The highest BCUT2D eigenvalue weighted by atomic mass is 16.5. The van der Waals surface area contributed by atoms with Gasteiger partial charge in [-0.05, 0) is 43.8 Å². The summed E-state index contributed by atoms with van der Waals surface area (Å²) in [6.45, 7) is 3.12. The number of carbonyl (C=O) groups is 1. The lowest BCUT2D eigenvalue weighted by Crippen LogP contribution is -2.10. The van der Waals surface area contributed by atoms with Crippen molar-refractivity contribution < 1.29 is 9.53 Å². The van der Waals surface area contributed by atoms with E-state index in [0.717, 1.165) is 17.7 Å². The standard InChI is InChI=1S/C20H23NO2/c1-4-23-20(22)19-8-6-5-7-18(19)14-13-16-9-11-17(12-10-16)15-21(2)3/h5-14H,4,15H2,1-3H3. The van der Waals surface area contributed by atoms with Crippen molar-refractivity contribution >= 4 is 18.1 Å². The average Bonchev–Trinajstić information content (AvgIpc) is 2.54. The highest BCUT2D eigenvalue weighted by Crippen LogP contribution is 2.15. The van der Waals surface area contributed by atoms with Gasteiger partial charge >= 0.3 is 5.97 Å². The summed E-state index contributed by atoms with van der Waals surface area (Å²) in [4.78, 5) is 14.1. The van der Waals surface area contributed by atoms with Crippen LogP contribution in [0.5, 0.6) is 0 Å². The monoisotopic (exact) mass is 309 g/mol. The Morgan fingerprint density at radius 1 is 1.04 bits per heavy atom. The molecule has 0 saturated carbocycles. The third-order valence-corrected chi connectivity index (χ3v) is 3.39. The van der Waals surface area contributed by atoms with E-state index in [-0.39, 0.29) is 5.97 Å². The van der Waals surface area contributed by atoms with Crippen molar-refractivity contribution in [3.8, 4) is 0 Å². The minimum Gasteiger partial charge on any atom is -0.462 e. The van der Waals surface area contributed by atoms with E-state index in [2.05, 4.69) is 43.3 Å². The van der Waals surface area contributed by atoms with Crippen molar-refractivity contribution in [1.82, 2.24) is 4.90 Å². The molecule has 0 radical (unpaired) electrons. The van der Waals surface area contributed by atoms with Crippen LogP contribution in [0, 0.1) is 0 Å². The molecule has 0 amide bonds. The Morgan fingerprint density at radius 2 is 1.74 bits per heavy atom. The van der Waals surface area contributed by atoms with Crippen LogP contribution in [-0.2, 0) is 11.3 Å². The van der Waals surface area contributed by atoms with Crippen molar-refractivity contribution in [3.05, 3.63) is 70.8 Å². The summed E-state index contributed by atoms with van der Waals surface area (Å²) >= 11 is 0. The summed E-state index contributed by atoms with van der Waals surface area (Å²) in [7, 11) is 4.11. The third kappa shape index (κ3) is 5.08. The minimum atomic E-state index is -0.283. The summed E-state index contributed by atoms with van der Waals surface area (Å²) in [5.41, 5.74) is 3.84. The van der Waals surface area contributed by atoms with Crippen LogP contribution in [0.4, 0.5) is 0 Å². The first-order valence-corrected chi connectivity index (χ1v) is 7.78. The van der Waals surface area contributed by atoms with Gasteiger partial charge in [0.05, 0.1) is 12.2 Å². The number of carbonyl (C=O) groups excluding carboxylic acids is 1. The van der Waals surface area contributed by atoms with Crippen molar-refractivity contribution in [2.45, 2.75) is 13.5 Å². The summed E-state index contributed by atoms with van der Waals surface area (Å²) < 4.78 is 5.10. The van der Waals surface area contributed by atoms with Crippen LogP contribution in [0.2, 0.25) is 0 Å². The maximum Gasteiger partial charge on any atom is 0.338 e. The second-order valence-electron chi connectivity index (χ2n) is 5.62. The van der Waals surface area contributed by atoms with Gasteiger partial charge in [0, 0.05) is 6.54 Å². The number of esters is 1. The van der Waals surface area contributed by atoms with E-state index in [1.54, 1.807) is 6.07 Å². The molecule has 120 valence electrons. The van der Waals surface area contributed by atoms with Crippen molar-refractivity contribution in [3.63, 3.8) is 0 Å². The molecule has 0 saturated heterocycles. The molecule has 0 fully saturated rings. The lowest BCUT2D eigenvalue weighted by Gasteiger charge is -2.09. The Balaban J connectivity index is 2.15. The lowest BCUT2D eigenvalue weighted by atomic mass is 10.1. The molecule has 0 aromatic heterocycles. The molecule has 23 heavy (non-hydrogen) atoms. The smallest absolute Gasteiger partial charge is 0.338 e. The molecule has 0 N–H and O–H groups in total. The van der Waals surface area contributed by atoms with Crippen molar-refractivity contribution in [2.24, 2.45) is 0 Å². The second kappa shape index (κ2) is 8.30. The Kier molecular flexibility index (Phi) is 6.12. The van der Waals surface area contributed by atoms with Crippen LogP contribution in [0.1, 0.15) is 34.0 Å². The molecule has 2 aromatic carbocycles. The average molecular weight is 309 g/mol. The zero-order valence-corrected chi connectivity index (χ0v) is 14.0. The SMILES string of the molecule is CCOC(=O)c1ccccc1C=Cc1ccc(CN(C)C)cc1. The first-order chi connectivity index (χ1) is 11.1. The number of hydrogen-bond donors (Lipinski definition) is 0. The summed E-state index contributed by atoms with van der Waals surface area (Å²) in [6.07, 6.45) is 3.96. The molecule has 0 atom stereocenters. The molecule has 0 spiro atoms. The zero-order valence-electron chi connectivity index (χ0n) is 14.0. The Labute approximate surface area is 138 Å². The Morgan fingerprint density at radius 3 is 2.39 bits per heavy atom. The molecule has 3 nitrogen and oxygen atoms in total. The van der Waals surface area contributed by atoms with E-state index in [1.807, 2.05) is 37.3 Å². The molecule has 2 aromatic rings. The lowest BCUT2D eigenvalue weighted by molar-refractivity contribution is 0.0526. The molecule has 0 aliphatic rings. The van der Waals surface area contributed by atoms with Crippen LogP contribution in [0.25, 0.3) is 12.2 Å². The first-order valence-electron chi connectivity index (χ1n) is 7.78. The topological polar surface area (TPSA) is 29.5 Å². The van der Waals surface area contributed by atoms with Gasteiger partial charge in [-0.15, -0.1) is 0 Å². The van der Waals surface area contributed by atoms with Crippen LogP contribution in [-0.4, -0.2) is 31.6 Å². The van der Waals surface area contributed by atoms with E-state index in [9.17, 15) is 4.79 Å². The predicted octanol–water partition coefficient (Wildman–Crippen LogP) is 4.10. The van der Waals surface area contributed by atoms with Crippen molar-refractivity contribution in [2.75, 3.05) is 20.7 Å². The number of ether oxygens (including phenoxy) is 1. The van der Waals surface area contributed by atoms with Gasteiger partial charge in [-0.1, -0.05) is 54.6 Å². The molecule has 0 aliphatic heterocycles. The maximum atomic E-state index is 12.0. The predicted molar refractivity (Wildman–Crippen MR) is 95.2 cm³/mol. The normalized spacial score (nSPS) is 11.1. The number of benzene rings is 2. The van der Waals surface area contributed by atoms with Crippen LogP contribution in [0.3, 0.4) is 0 Å². The first kappa shape index (κ1) is 17.0. The van der Waals surface area contributed by atoms with Gasteiger partial charge in [0.25, 0.3) is 0 Å². The minimum absolute atomic E-state index is 0.283. The zero-order chi connectivity index (χ0) is 16.7. The summed E-state index contributed by atoms with van der Waals surface area (Å²) in [6, 6.07) is 15.9. The molecule has 0 unspecified atom stereocenters. The van der Waals surface area contributed by atoms with E-state index in [1.165, 1.54) is 5.56 Å². The fraction of sp³-hybridized carbons (Fsp3) is 0.250. The van der Waals surface area contributed by atoms with Gasteiger partial charge in [0.1, 0.15) is 0 Å². The Bertz CT molecular complexity index is 672. The van der Waals surface area contributed by atoms with Crippen LogP contribution >= 0.6 is 0 Å². The highest BCUT2D eigenvalue weighted by molar-refractivity contribution is 5.94. The largest absolute Gasteiger partial charge is 0.462 e. The van der Waals surface area contributed by atoms with E-state index >= 15 is 0 Å². The van der Waals surface area contributed by atoms with Crippen LogP contribution in [0.15, 0.2) is 48.5 Å². The van der Waals surface area contributed by atoms with E-state index in [0.29, 0.717) is 12.2 Å². The number of hydrogen-bond acceptors (Lipinski definition) is 3. The van der Waals surface area contributed by atoms with Gasteiger partial charge in [0.15, 0.2) is 0 Å². The van der Waals surface area contributed by atoms with Crippen molar-refractivity contribution in [1.29, 1.82) is 0 Å². The van der Waals surface area contributed by atoms with Gasteiger partial charge in [-0.2, -0.15) is 0 Å². The van der Waals surface area contributed by atoms with E-state index < -0.39 is 0 Å². The third-order valence-electron chi connectivity index (χ3n) is 3.39. The maximum absolute atomic E-state index is 12.0. The molecule has 0 aliphatic carbocycles. The van der Waals surface area contributed by atoms with Gasteiger partial charge in [-0.25, -0.2) is 4.79 Å². The summed E-state index contributed by atoms with van der Waals surface area (Å²) in [5, 5.41) is 0. The molecular formula is C20H23NO2. The fourth-order valence-corrected chi connectivity index (χ4v) is 2.32. The Hall–Kier alpha value is -2.39. The molecule has 2 rings (SSSR count). The van der Waals surface area contributed by atoms with Gasteiger partial charge in [-0.3, -0.25) is 0 Å². The fourth-order valence-electron chi connectivity index (χ4n) is 2.32. The van der Waals surface area contributed by atoms with Gasteiger partial charge in [0.2, 0.25) is 0 Å². The van der Waals surface area contributed by atoms with Crippen LogP contribution < -0.4 is 0 Å². The quantitative estimate of drug-likeness (QED) is 0.594. The van der Waals surface area contributed by atoms with Gasteiger partial charge < -0.3 is 9.64 Å². The number of rotatable bonds is 6. The molecule has 0 heterocycles. The molecule has 3 heteroatoms. The summed E-state index contributed by atoms with van der Waals surface area (Å²) in [5.74, 6) is -0.283. The molecule has 0 bridgehead atoms. The molecular weight excluding hydrogens is 286 g/mol. The van der Waals surface area contributed by atoms with E-state index in [4.69, 9.17) is 4.74 Å².